The summed E-state index contributed by atoms with van der Waals surface area (Å²) in [5, 5.41) is 65.1. The van der Waals surface area contributed by atoms with Gasteiger partial charge < -0.3 is 69.5 Å². The fraction of sp³-hybridized carbons (Fsp3) is 0.667. The maximum absolute atomic E-state index is 10.1. The van der Waals surface area contributed by atoms with Crippen LogP contribution < -0.4 is 28.7 Å². The Bertz CT molecular complexity index is 902. The summed E-state index contributed by atoms with van der Waals surface area (Å²) >= 11 is 3.21. The van der Waals surface area contributed by atoms with Crippen LogP contribution in [0.5, 0.6) is 0 Å². The lowest BCUT2D eigenvalue weighted by Crippen LogP contribution is -2.32. The van der Waals surface area contributed by atoms with E-state index in [-0.39, 0.29) is 25.7 Å². The average Bonchev–Trinajstić information content (AvgIpc) is 2.96. The Morgan fingerprint density at radius 2 is 0.660 bits per heavy atom. The maximum Gasteiger partial charge on any atom is 0.321 e. The van der Waals surface area contributed by atoms with Crippen molar-refractivity contribution in [1.29, 1.82) is 0 Å². The molecule has 0 aliphatic rings. The predicted molar refractivity (Wildman–Crippen MR) is 170 cm³/mol. The van der Waals surface area contributed by atoms with Gasteiger partial charge in [-0.3, -0.25) is 38.4 Å². The Labute approximate surface area is 278 Å². The Balaban J connectivity index is -0.000000157. The van der Waals surface area contributed by atoms with Crippen molar-refractivity contribution in [3.05, 3.63) is 0 Å². The molecule has 0 fully saturated rings. The van der Waals surface area contributed by atoms with Gasteiger partial charge in [-0.25, -0.2) is 0 Å². The topological polar surface area (TPSA) is 428 Å². The van der Waals surface area contributed by atoms with Crippen LogP contribution >= 0.6 is 23.5 Å². The van der Waals surface area contributed by atoms with Crippen molar-refractivity contribution in [3.63, 3.8) is 0 Å². The Morgan fingerprint density at radius 3 is 0.809 bits per heavy atom. The van der Waals surface area contributed by atoms with Crippen molar-refractivity contribution >= 4 is 71.3 Å². The third-order valence-electron chi connectivity index (χ3n) is 4.58. The van der Waals surface area contributed by atoms with Crippen LogP contribution in [-0.4, -0.2) is 143 Å². The number of carboxylic acids is 8. The Kier molecular flexibility index (Phi) is 37.8. The lowest BCUT2D eigenvalue weighted by Gasteiger charge is -2.02. The quantitative estimate of drug-likeness (QED) is 0.0665. The smallest absolute Gasteiger partial charge is 0.321 e. The summed E-state index contributed by atoms with van der Waals surface area (Å²) in [6.07, 6.45) is 3.97. The van der Waals surface area contributed by atoms with E-state index in [2.05, 4.69) is 0 Å². The van der Waals surface area contributed by atoms with Gasteiger partial charge in [-0.15, -0.1) is 0 Å². The molecule has 21 nitrogen and oxygen atoms in total. The van der Waals surface area contributed by atoms with E-state index in [1.54, 1.807) is 23.5 Å². The number of hydrogen-bond donors (Lipinski definition) is 13. The first kappa shape index (κ1) is 52.8. The average molecular weight is 726 g/mol. The molecule has 0 unspecified atom stereocenters. The molecule has 0 radical (unpaired) electrons. The van der Waals surface area contributed by atoms with Crippen molar-refractivity contribution in [2.75, 3.05) is 24.0 Å². The number of rotatable bonds is 19. The molecular formula is C24H47N5O16S2. The van der Waals surface area contributed by atoms with Gasteiger partial charge in [0.25, 0.3) is 0 Å². The molecule has 0 aromatic carbocycles. The van der Waals surface area contributed by atoms with E-state index >= 15 is 0 Å². The number of aliphatic carboxylic acids is 8. The van der Waals surface area contributed by atoms with E-state index < -0.39 is 84.4 Å². The zero-order chi connectivity index (χ0) is 38.3. The van der Waals surface area contributed by atoms with Crippen LogP contribution in [0.4, 0.5) is 0 Å². The van der Waals surface area contributed by atoms with Crippen LogP contribution in [0.2, 0.25) is 0 Å². The van der Waals surface area contributed by atoms with Gasteiger partial charge in [-0.05, 0) is 49.7 Å². The Hall–Kier alpha value is -3.74. The minimum atomic E-state index is -1.29. The predicted octanol–water partition coefficient (Wildman–Crippen LogP) is -2.30. The summed E-state index contributed by atoms with van der Waals surface area (Å²) in [5.74, 6) is -7.09. The first-order chi connectivity index (χ1) is 21.5. The van der Waals surface area contributed by atoms with Gasteiger partial charge in [-0.2, -0.15) is 23.5 Å². The molecule has 23 heteroatoms. The zero-order valence-electron chi connectivity index (χ0n) is 25.8. The van der Waals surface area contributed by atoms with Gasteiger partial charge in [-0.1, -0.05) is 0 Å². The largest absolute Gasteiger partial charge is 0.481 e. The van der Waals surface area contributed by atoms with Crippen molar-refractivity contribution in [2.24, 2.45) is 28.7 Å². The van der Waals surface area contributed by atoms with E-state index in [4.69, 9.17) is 69.5 Å². The molecule has 0 aliphatic carbocycles. The van der Waals surface area contributed by atoms with Crippen LogP contribution in [-0.2, 0) is 38.4 Å². The van der Waals surface area contributed by atoms with Crippen LogP contribution in [0.15, 0.2) is 0 Å². The molecular weight excluding hydrogens is 678 g/mol. The third-order valence-corrected chi connectivity index (χ3v) is 5.87. The minimum absolute atomic E-state index is 0.0231. The normalized spacial score (nSPS) is 12.7. The number of carboxylic acid groups (broad SMARTS) is 8. The van der Waals surface area contributed by atoms with E-state index in [1.165, 1.54) is 0 Å². The van der Waals surface area contributed by atoms with Crippen LogP contribution in [0, 0.1) is 0 Å². The van der Waals surface area contributed by atoms with Crippen molar-refractivity contribution in [2.45, 2.75) is 75.2 Å². The highest BCUT2D eigenvalue weighted by Crippen LogP contribution is 1.99. The zero-order valence-corrected chi connectivity index (χ0v) is 27.4. The molecule has 0 aromatic heterocycles. The first-order valence-corrected chi connectivity index (χ1v) is 15.8. The van der Waals surface area contributed by atoms with Gasteiger partial charge in [0.2, 0.25) is 0 Å². The summed E-state index contributed by atoms with van der Waals surface area (Å²) in [5.41, 5.74) is 25.2. The standard InChI is InChI=1S/2C5H9NO4.2C5H11NO2S.C4H7NO4/c2*6-3(5(9)10)1-2-4(7)8;2*1-9-3-2-4(6)5(7)8;5-2(4(8)9)1-3(6)7/h2*3H,1-2,6H2,(H,7,8)(H,9,10);2*4H,2-3,6H2,1H3,(H,7,8);2H,1,5H2,(H,6,7)(H,8,9)/t2*3-;2*4-;2-/m00000/s1. The number of nitrogens with two attached hydrogens (primary N) is 5. The summed E-state index contributed by atoms with van der Waals surface area (Å²) in [6, 6.07) is -4.77. The minimum Gasteiger partial charge on any atom is -0.481 e. The van der Waals surface area contributed by atoms with Crippen molar-refractivity contribution in [3.8, 4) is 0 Å². The SMILES string of the molecule is CSCC[C@H](N)C(=O)O.CSCC[C@H](N)C(=O)O.N[C@@H](CC(=O)O)C(=O)O.N[C@@H](CCC(=O)O)C(=O)O.N[C@@H](CCC(=O)O)C(=O)O. The summed E-state index contributed by atoms with van der Waals surface area (Å²) in [7, 11) is 0. The molecule has 0 aliphatic heterocycles. The lowest BCUT2D eigenvalue weighted by molar-refractivity contribution is -0.144. The molecule has 47 heavy (non-hydrogen) atoms. The number of thioether (sulfide) groups is 2. The van der Waals surface area contributed by atoms with Crippen molar-refractivity contribution in [1.82, 2.24) is 0 Å². The van der Waals surface area contributed by atoms with Gasteiger partial charge in [0, 0.05) is 12.8 Å². The maximum atomic E-state index is 10.1. The molecule has 0 saturated heterocycles. The molecule has 0 heterocycles. The van der Waals surface area contributed by atoms with E-state index in [9.17, 15) is 38.4 Å². The monoisotopic (exact) mass is 725 g/mol. The highest BCUT2D eigenvalue weighted by Gasteiger charge is 2.15. The molecule has 18 N–H and O–H groups in total. The second kappa shape index (κ2) is 33.6. The summed E-state index contributed by atoms with van der Waals surface area (Å²) < 4.78 is 0. The second-order valence-corrected chi connectivity index (χ2v) is 10.7. The summed E-state index contributed by atoms with van der Waals surface area (Å²) in [4.78, 5) is 79.5. The van der Waals surface area contributed by atoms with Gasteiger partial charge in [0.1, 0.15) is 30.2 Å². The lowest BCUT2D eigenvalue weighted by atomic mass is 10.2. The van der Waals surface area contributed by atoms with E-state index in [0.717, 1.165) is 11.5 Å². The highest BCUT2D eigenvalue weighted by molar-refractivity contribution is 7.98. The van der Waals surface area contributed by atoms with Crippen LogP contribution in [0.1, 0.15) is 44.9 Å². The number of carbonyl (C=O) groups is 8. The van der Waals surface area contributed by atoms with E-state index in [1.807, 2.05) is 12.5 Å². The summed E-state index contributed by atoms with van der Waals surface area (Å²) in [6.45, 7) is 0. The van der Waals surface area contributed by atoms with Gasteiger partial charge in [0.05, 0.1) is 6.42 Å². The number of hydrogen-bond acceptors (Lipinski definition) is 15. The van der Waals surface area contributed by atoms with Crippen LogP contribution in [0.25, 0.3) is 0 Å². The Morgan fingerprint density at radius 1 is 0.426 bits per heavy atom. The van der Waals surface area contributed by atoms with Gasteiger partial charge in [0.15, 0.2) is 0 Å². The third kappa shape index (κ3) is 46.8. The van der Waals surface area contributed by atoms with Crippen LogP contribution in [0.3, 0.4) is 0 Å². The fourth-order valence-electron chi connectivity index (χ4n) is 1.82. The molecule has 5 atom stereocenters. The highest BCUT2D eigenvalue weighted by atomic mass is 32.2. The molecule has 276 valence electrons. The second-order valence-electron chi connectivity index (χ2n) is 8.75. The van der Waals surface area contributed by atoms with Gasteiger partial charge >= 0.3 is 47.8 Å². The fourth-order valence-corrected chi connectivity index (χ4v) is 2.80. The molecule has 0 aromatic rings. The van der Waals surface area contributed by atoms with Crippen molar-refractivity contribution < 1.29 is 79.2 Å². The molecule has 0 spiro atoms. The first-order valence-electron chi connectivity index (χ1n) is 13.0. The molecule has 0 amide bonds. The van der Waals surface area contributed by atoms with E-state index in [0.29, 0.717) is 12.8 Å². The molecule has 0 saturated carbocycles. The molecule has 0 bridgehead atoms. The molecule has 0 rings (SSSR count).